The first kappa shape index (κ1) is 19.6. The van der Waals surface area contributed by atoms with Crippen LogP contribution in [0.3, 0.4) is 0 Å². The monoisotopic (exact) mass is 299 g/mol. The maximum Gasteiger partial charge on any atom is 0.329 e. The summed E-state index contributed by atoms with van der Waals surface area (Å²) in [5.41, 5.74) is -1.36. The second kappa shape index (κ2) is 9.55. The van der Waals surface area contributed by atoms with E-state index in [0.29, 0.717) is 0 Å². The summed E-state index contributed by atoms with van der Waals surface area (Å²) in [6.45, 7) is 5.34. The van der Waals surface area contributed by atoms with Crippen LogP contribution < -0.4 is 0 Å². The molecule has 0 saturated heterocycles. The normalized spacial score (nSPS) is 14.4. The van der Waals surface area contributed by atoms with E-state index < -0.39 is 11.5 Å². The van der Waals surface area contributed by atoms with Crippen molar-refractivity contribution >= 4 is 11.9 Å². The molecule has 0 saturated carbocycles. The molecule has 0 aliphatic heterocycles. The molecule has 1 atom stereocenters. The van der Waals surface area contributed by atoms with Crippen molar-refractivity contribution in [2.75, 3.05) is 13.7 Å². The van der Waals surface area contributed by atoms with Crippen molar-refractivity contribution < 1.29 is 19.8 Å². The minimum Gasteiger partial charge on any atom is -0.479 e. The number of hydrogen-bond acceptors (Lipinski definition) is 3. The van der Waals surface area contributed by atoms with Crippen LogP contribution in [0.2, 0.25) is 0 Å². The summed E-state index contributed by atoms with van der Waals surface area (Å²) in [6, 6.07) is 0. The average molecular weight is 299 g/mol. The van der Waals surface area contributed by atoms with E-state index in [4.69, 9.17) is 0 Å². The van der Waals surface area contributed by atoms with Crippen LogP contribution in [0.15, 0.2) is 12.2 Å². The topological polar surface area (TPSA) is 77.8 Å². The Morgan fingerprint density at radius 1 is 1.29 bits per heavy atom. The standard InChI is InChI=1S/C16H29NO4/c1-5-6-7-8-9-10-14(19)17(4)16(11-12-18,13(2)3)15(20)21/h8-9,13,18H,5-7,10-12H2,1-4H3,(H,20,21)/b9-8+/t16-/m1/s1. The van der Waals surface area contributed by atoms with E-state index in [2.05, 4.69) is 6.92 Å². The van der Waals surface area contributed by atoms with Gasteiger partial charge in [0.25, 0.3) is 0 Å². The Hall–Kier alpha value is -1.36. The number of rotatable bonds is 10. The van der Waals surface area contributed by atoms with E-state index in [1.165, 1.54) is 11.9 Å². The molecular weight excluding hydrogens is 270 g/mol. The van der Waals surface area contributed by atoms with Gasteiger partial charge < -0.3 is 15.1 Å². The molecule has 0 aromatic heterocycles. The number of unbranched alkanes of at least 4 members (excludes halogenated alkanes) is 2. The maximum absolute atomic E-state index is 12.2. The van der Waals surface area contributed by atoms with Crippen molar-refractivity contribution in [2.45, 2.75) is 58.4 Å². The van der Waals surface area contributed by atoms with Gasteiger partial charge in [-0.1, -0.05) is 45.8 Å². The molecular formula is C16H29NO4. The number of carboxylic acids is 1. The lowest BCUT2D eigenvalue weighted by atomic mass is 9.81. The van der Waals surface area contributed by atoms with Gasteiger partial charge in [-0.25, -0.2) is 4.79 Å². The van der Waals surface area contributed by atoms with Crippen molar-refractivity contribution in [3.63, 3.8) is 0 Å². The van der Waals surface area contributed by atoms with E-state index >= 15 is 0 Å². The highest BCUT2D eigenvalue weighted by atomic mass is 16.4. The van der Waals surface area contributed by atoms with Crippen molar-refractivity contribution in [1.82, 2.24) is 4.90 Å². The Bertz CT molecular complexity index is 365. The molecule has 0 spiro atoms. The third kappa shape index (κ3) is 5.16. The number of carbonyl (C=O) groups excluding carboxylic acids is 1. The first-order valence-corrected chi connectivity index (χ1v) is 7.60. The van der Waals surface area contributed by atoms with Crippen LogP contribution in [0, 0.1) is 5.92 Å². The van der Waals surface area contributed by atoms with Crippen molar-refractivity contribution in [2.24, 2.45) is 5.92 Å². The number of allylic oxidation sites excluding steroid dienone is 1. The van der Waals surface area contributed by atoms with Gasteiger partial charge in [0.2, 0.25) is 5.91 Å². The first-order valence-electron chi connectivity index (χ1n) is 7.60. The molecule has 0 radical (unpaired) electrons. The van der Waals surface area contributed by atoms with Crippen LogP contribution in [0.25, 0.3) is 0 Å². The summed E-state index contributed by atoms with van der Waals surface area (Å²) in [5.74, 6) is -1.61. The molecule has 0 fully saturated rings. The lowest BCUT2D eigenvalue weighted by Gasteiger charge is -2.41. The number of likely N-dealkylation sites (N-methyl/N-ethyl adjacent to an activating group) is 1. The van der Waals surface area contributed by atoms with Gasteiger partial charge in [-0.05, 0) is 12.3 Å². The van der Waals surface area contributed by atoms with Crippen LogP contribution in [0.1, 0.15) is 52.9 Å². The van der Waals surface area contributed by atoms with Crippen molar-refractivity contribution in [1.29, 1.82) is 0 Å². The summed E-state index contributed by atoms with van der Waals surface area (Å²) in [7, 11) is 1.51. The number of aliphatic hydroxyl groups is 1. The van der Waals surface area contributed by atoms with E-state index in [9.17, 15) is 19.8 Å². The molecule has 5 nitrogen and oxygen atoms in total. The lowest BCUT2D eigenvalue weighted by Crippen LogP contribution is -2.59. The Morgan fingerprint density at radius 3 is 2.33 bits per heavy atom. The van der Waals surface area contributed by atoms with Crippen molar-refractivity contribution in [3.05, 3.63) is 12.2 Å². The zero-order valence-corrected chi connectivity index (χ0v) is 13.6. The number of nitrogens with zero attached hydrogens (tertiary/aromatic N) is 1. The second-order valence-corrected chi connectivity index (χ2v) is 5.63. The molecule has 0 aliphatic carbocycles. The van der Waals surface area contributed by atoms with E-state index in [0.717, 1.165) is 19.3 Å². The van der Waals surface area contributed by atoms with Gasteiger partial charge in [-0.2, -0.15) is 0 Å². The van der Waals surface area contributed by atoms with Gasteiger partial charge in [0.05, 0.1) is 0 Å². The zero-order valence-electron chi connectivity index (χ0n) is 13.6. The highest BCUT2D eigenvalue weighted by Crippen LogP contribution is 2.29. The molecule has 0 aromatic rings. The first-order chi connectivity index (χ1) is 9.84. The predicted molar refractivity (Wildman–Crippen MR) is 83.0 cm³/mol. The fraction of sp³-hybridized carbons (Fsp3) is 0.750. The molecule has 0 aliphatic rings. The summed E-state index contributed by atoms with van der Waals surface area (Å²) in [6.07, 6.45) is 7.08. The number of carbonyl (C=O) groups is 2. The van der Waals surface area contributed by atoms with E-state index in [1.807, 2.05) is 6.08 Å². The molecule has 21 heavy (non-hydrogen) atoms. The molecule has 122 valence electrons. The minimum atomic E-state index is -1.36. The van der Waals surface area contributed by atoms with Gasteiger partial charge in [0, 0.05) is 26.5 Å². The number of hydrogen-bond donors (Lipinski definition) is 2. The fourth-order valence-electron chi connectivity index (χ4n) is 2.49. The van der Waals surface area contributed by atoms with Gasteiger partial charge in [0.1, 0.15) is 5.54 Å². The number of aliphatic hydroxyl groups excluding tert-OH is 1. The third-order valence-electron chi connectivity index (χ3n) is 3.97. The SMILES string of the molecule is CCCC/C=C/CC(=O)N(C)[C@@](CCO)(C(=O)O)C(C)C. The van der Waals surface area contributed by atoms with Crippen LogP contribution in [-0.2, 0) is 9.59 Å². The average Bonchev–Trinajstić information content (AvgIpc) is 2.42. The molecule has 2 N–H and O–H groups in total. The molecule has 0 rings (SSSR count). The lowest BCUT2D eigenvalue weighted by molar-refractivity contribution is -0.162. The molecule has 0 aromatic carbocycles. The highest BCUT2D eigenvalue weighted by Gasteiger charge is 2.46. The molecule has 1 amide bonds. The number of amides is 1. The van der Waals surface area contributed by atoms with Crippen LogP contribution in [0.5, 0.6) is 0 Å². The molecule has 5 heteroatoms. The van der Waals surface area contributed by atoms with E-state index in [1.54, 1.807) is 19.9 Å². The Balaban J connectivity index is 4.95. The van der Waals surface area contributed by atoms with Crippen molar-refractivity contribution in [3.8, 4) is 0 Å². The summed E-state index contributed by atoms with van der Waals surface area (Å²) >= 11 is 0. The predicted octanol–water partition coefficient (Wildman–Crippen LogP) is 2.44. The van der Waals surface area contributed by atoms with Gasteiger partial charge >= 0.3 is 5.97 Å². The Labute approximate surface area is 127 Å². The maximum atomic E-state index is 12.2. The Morgan fingerprint density at radius 2 is 1.90 bits per heavy atom. The minimum absolute atomic E-state index is 0.0296. The summed E-state index contributed by atoms with van der Waals surface area (Å²) in [4.78, 5) is 25.2. The highest BCUT2D eigenvalue weighted by molar-refractivity contribution is 5.87. The largest absolute Gasteiger partial charge is 0.479 e. The van der Waals surface area contributed by atoms with E-state index in [-0.39, 0.29) is 31.3 Å². The summed E-state index contributed by atoms with van der Waals surface area (Å²) < 4.78 is 0. The van der Waals surface area contributed by atoms with Gasteiger partial charge in [-0.3, -0.25) is 4.79 Å². The zero-order chi connectivity index (χ0) is 16.5. The number of aliphatic carboxylic acids is 1. The molecule has 0 heterocycles. The quantitative estimate of drug-likeness (QED) is 0.480. The van der Waals surface area contributed by atoms with Crippen LogP contribution in [0.4, 0.5) is 0 Å². The summed E-state index contributed by atoms with van der Waals surface area (Å²) in [5, 5.41) is 18.8. The number of carboxylic acid groups (broad SMARTS) is 1. The third-order valence-corrected chi connectivity index (χ3v) is 3.97. The van der Waals surface area contributed by atoms with Crippen LogP contribution in [-0.4, -0.2) is 46.2 Å². The second-order valence-electron chi connectivity index (χ2n) is 5.63. The van der Waals surface area contributed by atoms with Gasteiger partial charge in [-0.15, -0.1) is 0 Å². The van der Waals surface area contributed by atoms with Crippen LogP contribution >= 0.6 is 0 Å². The molecule has 0 bridgehead atoms. The smallest absolute Gasteiger partial charge is 0.329 e. The van der Waals surface area contributed by atoms with Gasteiger partial charge in [0.15, 0.2) is 0 Å². The molecule has 0 unspecified atom stereocenters. The Kier molecular flexibility index (Phi) is 8.93. The fourth-order valence-corrected chi connectivity index (χ4v) is 2.49.